The number of unbranched alkanes of at least 4 members (excludes halogenated alkanes) is 1. The van der Waals surface area contributed by atoms with Crippen molar-refractivity contribution in [2.75, 3.05) is 12.4 Å². The Balaban J connectivity index is 1.35. The Morgan fingerprint density at radius 3 is 2.68 bits per heavy atom. The molecule has 0 fully saturated rings. The summed E-state index contributed by atoms with van der Waals surface area (Å²) in [6, 6.07) is 18.5. The highest BCUT2D eigenvalue weighted by molar-refractivity contribution is 8.00. The van der Waals surface area contributed by atoms with Crippen molar-refractivity contribution in [2.45, 2.75) is 83.1 Å². The van der Waals surface area contributed by atoms with Crippen LogP contribution < -0.4 is 10.1 Å². The molecular weight excluding hydrogens is 551 g/mol. The summed E-state index contributed by atoms with van der Waals surface area (Å²) in [6.45, 7) is 9.75. The van der Waals surface area contributed by atoms with Gasteiger partial charge in [-0.15, -0.1) is 11.3 Å². The van der Waals surface area contributed by atoms with E-state index >= 15 is 0 Å². The summed E-state index contributed by atoms with van der Waals surface area (Å²) in [7, 11) is 0. The minimum absolute atomic E-state index is 0.0187. The van der Waals surface area contributed by atoms with Crippen molar-refractivity contribution in [3.8, 4) is 17.1 Å². The number of amides is 1. The van der Waals surface area contributed by atoms with Gasteiger partial charge in [0.05, 0.1) is 24.6 Å². The number of hydrogen-bond donors (Lipinski definition) is 1. The predicted octanol–water partition coefficient (Wildman–Crippen LogP) is 7.62. The maximum atomic E-state index is 13.0. The largest absolute Gasteiger partial charge is 0.494 e. The van der Waals surface area contributed by atoms with Crippen molar-refractivity contribution in [3.05, 3.63) is 70.6 Å². The average molecular weight is 590 g/mol. The molecule has 2 aromatic heterocycles. The fourth-order valence-corrected chi connectivity index (χ4v) is 6.96. The Hall–Kier alpha value is -2.94. The van der Waals surface area contributed by atoms with E-state index in [1.807, 2.05) is 30.3 Å². The van der Waals surface area contributed by atoms with Gasteiger partial charge in [-0.25, -0.2) is 9.97 Å². The number of ether oxygens (including phenoxy) is 2. The van der Waals surface area contributed by atoms with Crippen LogP contribution in [0.25, 0.3) is 21.6 Å². The number of carbonyl (C=O) groups excluding carboxylic acids is 1. The van der Waals surface area contributed by atoms with Crippen molar-refractivity contribution in [3.63, 3.8) is 0 Å². The highest BCUT2D eigenvalue weighted by atomic mass is 32.2. The summed E-state index contributed by atoms with van der Waals surface area (Å²) in [5.74, 6) is 1.83. The molecule has 6 nitrogen and oxygen atoms in total. The lowest BCUT2D eigenvalue weighted by Crippen LogP contribution is -2.34. The molecule has 0 bridgehead atoms. The molecule has 8 heteroatoms. The summed E-state index contributed by atoms with van der Waals surface area (Å²) in [5, 5.41) is 5.10. The van der Waals surface area contributed by atoms with E-state index in [-0.39, 0.29) is 17.6 Å². The molecule has 1 aliphatic rings. The Labute approximate surface area is 251 Å². The van der Waals surface area contributed by atoms with Gasteiger partial charge < -0.3 is 14.8 Å². The smallest absolute Gasteiger partial charge is 0.230 e. The molecule has 0 saturated heterocycles. The molecule has 41 heavy (non-hydrogen) atoms. The molecule has 1 aliphatic heterocycles. The molecule has 1 atom stereocenters. The highest BCUT2D eigenvalue weighted by Gasteiger charge is 2.31. The number of carbonyl (C=O) groups is 1. The molecule has 1 N–H and O–H groups in total. The van der Waals surface area contributed by atoms with Crippen LogP contribution in [0, 0.1) is 0 Å². The van der Waals surface area contributed by atoms with Crippen LogP contribution in [-0.2, 0) is 29.0 Å². The van der Waals surface area contributed by atoms with Gasteiger partial charge in [-0.2, -0.15) is 0 Å². The third kappa shape index (κ3) is 7.67. The maximum absolute atomic E-state index is 13.0. The molecule has 216 valence electrons. The van der Waals surface area contributed by atoms with Crippen molar-refractivity contribution in [1.82, 2.24) is 15.3 Å². The quantitative estimate of drug-likeness (QED) is 0.104. The van der Waals surface area contributed by atoms with E-state index < -0.39 is 0 Å². The zero-order valence-electron chi connectivity index (χ0n) is 24.4. The molecule has 2 aromatic carbocycles. The lowest BCUT2D eigenvalue weighted by Gasteiger charge is -2.30. The van der Waals surface area contributed by atoms with Crippen LogP contribution in [0.1, 0.15) is 63.0 Å². The summed E-state index contributed by atoms with van der Waals surface area (Å²) < 4.78 is 11.9. The third-order valence-corrected chi connectivity index (χ3v) is 9.31. The summed E-state index contributed by atoms with van der Waals surface area (Å²) in [5.41, 5.74) is 3.22. The zero-order valence-corrected chi connectivity index (χ0v) is 26.0. The molecule has 1 amide bonds. The van der Waals surface area contributed by atoms with Gasteiger partial charge in [0, 0.05) is 28.3 Å². The van der Waals surface area contributed by atoms with Crippen molar-refractivity contribution >= 4 is 39.2 Å². The normalized spacial score (nSPS) is 14.9. The number of aromatic nitrogens is 2. The molecule has 4 aromatic rings. The second-order valence-electron chi connectivity index (χ2n) is 11.3. The van der Waals surface area contributed by atoms with Crippen molar-refractivity contribution < 1.29 is 14.3 Å². The zero-order chi connectivity index (χ0) is 28.8. The lowest BCUT2D eigenvalue weighted by atomic mass is 9.94. The van der Waals surface area contributed by atoms with Gasteiger partial charge in [0.25, 0.3) is 0 Å². The van der Waals surface area contributed by atoms with Crippen LogP contribution in [-0.4, -0.2) is 39.9 Å². The number of benzene rings is 2. The van der Waals surface area contributed by atoms with Crippen molar-refractivity contribution in [2.24, 2.45) is 0 Å². The molecule has 0 unspecified atom stereocenters. The van der Waals surface area contributed by atoms with Crippen LogP contribution in [0.3, 0.4) is 0 Å². The van der Waals surface area contributed by atoms with Gasteiger partial charge in [-0.1, -0.05) is 55.4 Å². The molecule has 0 radical (unpaired) electrons. The first kappa shape index (κ1) is 29.5. The van der Waals surface area contributed by atoms with E-state index in [0.29, 0.717) is 24.8 Å². The SMILES string of the molecule is CCCCOc1ccc(-c2nc(SCC(=O)N[C@H](C)CCc3ccccc3)c3c4c(sc3n2)COC(C)(C)C4)cc1. The summed E-state index contributed by atoms with van der Waals surface area (Å²) in [4.78, 5) is 25.2. The lowest BCUT2D eigenvalue weighted by molar-refractivity contribution is -0.119. The summed E-state index contributed by atoms with van der Waals surface area (Å²) >= 11 is 3.17. The Bertz CT molecular complexity index is 1470. The number of hydrogen-bond acceptors (Lipinski definition) is 7. The van der Waals surface area contributed by atoms with E-state index in [0.717, 1.165) is 58.7 Å². The number of thiophene rings is 1. The van der Waals surface area contributed by atoms with E-state index in [2.05, 4.69) is 57.3 Å². The maximum Gasteiger partial charge on any atom is 0.230 e. The van der Waals surface area contributed by atoms with Gasteiger partial charge >= 0.3 is 0 Å². The monoisotopic (exact) mass is 589 g/mol. The standard InChI is InChI=1S/C33H39N3O3S2/c1-5-6-18-38-25-16-14-24(15-17-25)30-35-31(29-26-19-33(3,4)39-20-27(26)41-32(29)36-30)40-21-28(37)34-22(2)12-13-23-10-8-7-9-11-23/h7-11,14-17,22H,5-6,12-13,18-21H2,1-4H3,(H,34,37)/t22-/m1/s1. The minimum atomic E-state index is -0.249. The Kier molecular flexibility index (Phi) is 9.63. The molecular formula is C33H39N3O3S2. The number of aryl methyl sites for hydroxylation is 1. The van der Waals surface area contributed by atoms with E-state index in [1.165, 1.54) is 27.8 Å². The second-order valence-corrected chi connectivity index (χ2v) is 13.3. The number of rotatable bonds is 12. The minimum Gasteiger partial charge on any atom is -0.494 e. The van der Waals surface area contributed by atoms with Crippen molar-refractivity contribution in [1.29, 1.82) is 0 Å². The highest BCUT2D eigenvalue weighted by Crippen LogP contribution is 2.42. The number of nitrogens with one attached hydrogen (secondary N) is 1. The Morgan fingerprint density at radius 2 is 1.93 bits per heavy atom. The van der Waals surface area contributed by atoms with Crippen LogP contribution in [0.4, 0.5) is 0 Å². The van der Waals surface area contributed by atoms with E-state index in [9.17, 15) is 4.79 Å². The molecule has 0 spiro atoms. The van der Waals surface area contributed by atoms with Crippen LogP contribution in [0.5, 0.6) is 5.75 Å². The van der Waals surface area contributed by atoms with E-state index in [1.54, 1.807) is 11.3 Å². The van der Waals surface area contributed by atoms with Crippen LogP contribution in [0.15, 0.2) is 59.6 Å². The number of fused-ring (bicyclic) bond motifs is 3. The number of nitrogens with zero attached hydrogens (tertiary/aromatic N) is 2. The Morgan fingerprint density at radius 1 is 1.15 bits per heavy atom. The fraction of sp³-hybridized carbons (Fsp3) is 0.424. The van der Waals surface area contributed by atoms with Gasteiger partial charge in [-0.3, -0.25) is 4.79 Å². The van der Waals surface area contributed by atoms with Gasteiger partial charge in [-0.05, 0) is 75.4 Å². The predicted molar refractivity (Wildman–Crippen MR) is 169 cm³/mol. The van der Waals surface area contributed by atoms with Gasteiger partial charge in [0.2, 0.25) is 5.91 Å². The van der Waals surface area contributed by atoms with Crippen LogP contribution >= 0.6 is 23.1 Å². The molecule has 0 aliphatic carbocycles. The fourth-order valence-electron chi connectivity index (χ4n) is 4.93. The average Bonchev–Trinajstić information content (AvgIpc) is 3.32. The van der Waals surface area contributed by atoms with E-state index in [4.69, 9.17) is 19.4 Å². The third-order valence-electron chi connectivity index (χ3n) is 7.23. The van der Waals surface area contributed by atoms with Gasteiger partial charge in [0.1, 0.15) is 15.6 Å². The topological polar surface area (TPSA) is 73.3 Å². The first-order chi connectivity index (χ1) is 19.8. The first-order valence-electron chi connectivity index (χ1n) is 14.5. The second kappa shape index (κ2) is 13.4. The van der Waals surface area contributed by atoms with Crippen LogP contribution in [0.2, 0.25) is 0 Å². The van der Waals surface area contributed by atoms with Gasteiger partial charge in [0.15, 0.2) is 5.82 Å². The molecule has 0 saturated carbocycles. The molecule has 3 heterocycles. The molecule has 5 rings (SSSR count). The number of thioether (sulfide) groups is 1. The summed E-state index contributed by atoms with van der Waals surface area (Å²) in [6.07, 6.45) is 4.76. The first-order valence-corrected chi connectivity index (χ1v) is 16.3.